The topological polar surface area (TPSA) is 64.6 Å². The quantitative estimate of drug-likeness (QED) is 0.760. The molecule has 0 spiro atoms. The number of carbonyl (C=O) groups excluding carboxylic acids is 2. The highest BCUT2D eigenvalue weighted by molar-refractivity contribution is 9.10. The van der Waals surface area contributed by atoms with Crippen LogP contribution in [0.2, 0.25) is 0 Å². The van der Waals surface area contributed by atoms with E-state index in [2.05, 4.69) is 21.2 Å². The summed E-state index contributed by atoms with van der Waals surface area (Å²) in [6, 6.07) is 11.1. The van der Waals surface area contributed by atoms with Crippen molar-refractivity contribution in [1.29, 1.82) is 0 Å². The van der Waals surface area contributed by atoms with Crippen molar-refractivity contribution in [1.82, 2.24) is 0 Å². The monoisotopic (exact) mass is 395 g/mol. The Morgan fingerprint density at radius 2 is 1.96 bits per heavy atom. The molecule has 126 valence electrons. The van der Waals surface area contributed by atoms with Crippen LogP contribution in [0.15, 0.2) is 46.9 Å². The minimum Gasteiger partial charge on any atom is -0.481 e. The Labute approximate surface area is 146 Å². The van der Waals surface area contributed by atoms with Crippen LogP contribution in [0.1, 0.15) is 5.56 Å². The van der Waals surface area contributed by atoms with Gasteiger partial charge in [0, 0.05) is 5.69 Å². The van der Waals surface area contributed by atoms with Gasteiger partial charge in [-0.3, -0.25) is 4.79 Å². The summed E-state index contributed by atoms with van der Waals surface area (Å²) in [5.41, 5.74) is 1.63. The lowest BCUT2D eigenvalue weighted by atomic mass is 10.2. The predicted molar refractivity (Wildman–Crippen MR) is 90.4 cm³/mol. The number of benzene rings is 2. The molecule has 0 radical (unpaired) electrons. The second-order valence-corrected chi connectivity index (χ2v) is 5.80. The van der Waals surface area contributed by atoms with Crippen molar-refractivity contribution < 1.29 is 23.5 Å². The SMILES string of the molecule is Cc1cccc(NC(=O)COC(=O)COc2ccc(F)cc2Br)c1. The molecule has 5 nitrogen and oxygen atoms in total. The summed E-state index contributed by atoms with van der Waals surface area (Å²) in [5, 5.41) is 2.62. The summed E-state index contributed by atoms with van der Waals surface area (Å²) in [6.45, 7) is 1.10. The highest BCUT2D eigenvalue weighted by Crippen LogP contribution is 2.25. The maximum Gasteiger partial charge on any atom is 0.344 e. The van der Waals surface area contributed by atoms with Crippen LogP contribution in [0, 0.1) is 12.7 Å². The van der Waals surface area contributed by atoms with E-state index in [1.807, 2.05) is 19.1 Å². The molecule has 0 fully saturated rings. The van der Waals surface area contributed by atoms with Gasteiger partial charge < -0.3 is 14.8 Å². The number of rotatable bonds is 6. The minimum absolute atomic E-state index is 0.303. The summed E-state index contributed by atoms with van der Waals surface area (Å²) in [7, 11) is 0. The molecule has 1 N–H and O–H groups in total. The third-order valence-corrected chi connectivity index (χ3v) is 3.53. The molecular formula is C17H15BrFNO4. The Bertz CT molecular complexity index is 751. The Morgan fingerprint density at radius 3 is 2.67 bits per heavy atom. The first-order valence-corrected chi connectivity index (χ1v) is 7.83. The largest absolute Gasteiger partial charge is 0.481 e. The molecular weight excluding hydrogens is 381 g/mol. The van der Waals surface area contributed by atoms with Crippen LogP contribution in [-0.4, -0.2) is 25.1 Å². The number of amides is 1. The zero-order valence-electron chi connectivity index (χ0n) is 12.8. The average Bonchev–Trinajstić information content (AvgIpc) is 2.52. The fourth-order valence-electron chi connectivity index (χ4n) is 1.84. The van der Waals surface area contributed by atoms with E-state index in [4.69, 9.17) is 9.47 Å². The first-order chi connectivity index (χ1) is 11.4. The van der Waals surface area contributed by atoms with Crippen LogP contribution in [0.4, 0.5) is 10.1 Å². The van der Waals surface area contributed by atoms with Crippen LogP contribution in [0.25, 0.3) is 0 Å². The van der Waals surface area contributed by atoms with Crippen LogP contribution in [-0.2, 0) is 14.3 Å². The molecule has 0 saturated carbocycles. The molecule has 24 heavy (non-hydrogen) atoms. The molecule has 0 bridgehead atoms. The molecule has 0 aliphatic carbocycles. The smallest absolute Gasteiger partial charge is 0.344 e. The number of aryl methyl sites for hydroxylation is 1. The van der Waals surface area contributed by atoms with E-state index in [1.165, 1.54) is 18.2 Å². The van der Waals surface area contributed by atoms with Gasteiger partial charge in [0.2, 0.25) is 0 Å². The lowest BCUT2D eigenvalue weighted by Crippen LogP contribution is -2.23. The zero-order valence-corrected chi connectivity index (χ0v) is 14.4. The number of nitrogens with one attached hydrogen (secondary N) is 1. The molecule has 0 aliphatic heterocycles. The number of carbonyl (C=O) groups is 2. The van der Waals surface area contributed by atoms with Gasteiger partial charge in [0.25, 0.3) is 5.91 Å². The van der Waals surface area contributed by atoms with Crippen LogP contribution >= 0.6 is 15.9 Å². The first kappa shape index (κ1) is 17.9. The molecule has 0 aromatic heterocycles. The molecule has 0 saturated heterocycles. The predicted octanol–water partition coefficient (Wildman–Crippen LogP) is 3.46. The zero-order chi connectivity index (χ0) is 17.5. The normalized spacial score (nSPS) is 10.1. The van der Waals surface area contributed by atoms with Gasteiger partial charge in [0.1, 0.15) is 11.6 Å². The van der Waals surface area contributed by atoms with Gasteiger partial charge in [-0.25, -0.2) is 9.18 Å². The lowest BCUT2D eigenvalue weighted by molar-refractivity contribution is -0.149. The van der Waals surface area contributed by atoms with Crippen molar-refractivity contribution in [3.05, 3.63) is 58.3 Å². The molecule has 0 unspecified atom stereocenters. The molecule has 2 aromatic rings. The summed E-state index contributed by atoms with van der Waals surface area (Å²) in [6.07, 6.45) is 0. The van der Waals surface area contributed by atoms with Gasteiger partial charge in [-0.1, -0.05) is 12.1 Å². The Balaban J connectivity index is 1.75. The highest BCUT2D eigenvalue weighted by atomic mass is 79.9. The van der Waals surface area contributed by atoms with Crippen molar-refractivity contribution in [2.75, 3.05) is 18.5 Å². The van der Waals surface area contributed by atoms with Crippen LogP contribution in [0.5, 0.6) is 5.75 Å². The van der Waals surface area contributed by atoms with E-state index in [0.717, 1.165) is 5.56 Å². The van der Waals surface area contributed by atoms with Crippen LogP contribution in [0.3, 0.4) is 0 Å². The van der Waals surface area contributed by atoms with Crippen molar-refractivity contribution in [2.24, 2.45) is 0 Å². The maximum absolute atomic E-state index is 12.9. The summed E-state index contributed by atoms with van der Waals surface area (Å²) in [5.74, 6) is -1.27. The Morgan fingerprint density at radius 1 is 1.17 bits per heavy atom. The fraction of sp³-hybridized carbons (Fsp3) is 0.176. The van der Waals surface area contributed by atoms with Gasteiger partial charge in [0.05, 0.1) is 4.47 Å². The van der Waals surface area contributed by atoms with Crippen molar-refractivity contribution in [3.63, 3.8) is 0 Å². The van der Waals surface area contributed by atoms with E-state index >= 15 is 0 Å². The van der Waals surface area contributed by atoms with E-state index < -0.39 is 24.3 Å². The summed E-state index contributed by atoms with van der Waals surface area (Å²) >= 11 is 3.12. The summed E-state index contributed by atoms with van der Waals surface area (Å²) < 4.78 is 23.3. The van der Waals surface area contributed by atoms with Gasteiger partial charge in [-0.15, -0.1) is 0 Å². The first-order valence-electron chi connectivity index (χ1n) is 7.04. The molecule has 0 aliphatic rings. The number of hydrogen-bond donors (Lipinski definition) is 1. The minimum atomic E-state index is -0.703. The molecule has 0 heterocycles. The Hall–Kier alpha value is -2.41. The standard InChI is InChI=1S/C17H15BrFNO4/c1-11-3-2-4-13(7-11)20-16(21)9-24-17(22)10-23-15-6-5-12(19)8-14(15)18/h2-8H,9-10H2,1H3,(H,20,21). The number of esters is 1. The van der Waals surface area contributed by atoms with Gasteiger partial charge in [-0.05, 0) is 58.7 Å². The van der Waals surface area contributed by atoms with Crippen LogP contribution < -0.4 is 10.1 Å². The van der Waals surface area contributed by atoms with Gasteiger partial charge >= 0.3 is 5.97 Å². The van der Waals surface area contributed by atoms with Gasteiger partial charge in [0.15, 0.2) is 13.2 Å². The molecule has 7 heteroatoms. The Kier molecular flexibility index (Phi) is 6.31. The van der Waals surface area contributed by atoms with E-state index in [9.17, 15) is 14.0 Å². The van der Waals surface area contributed by atoms with Crippen molar-refractivity contribution in [3.8, 4) is 5.75 Å². The van der Waals surface area contributed by atoms with Crippen molar-refractivity contribution in [2.45, 2.75) is 6.92 Å². The number of anilines is 1. The fourth-order valence-corrected chi connectivity index (χ4v) is 2.30. The maximum atomic E-state index is 12.9. The molecule has 2 rings (SSSR count). The second kappa shape index (κ2) is 8.44. The molecule has 2 aromatic carbocycles. The highest BCUT2D eigenvalue weighted by Gasteiger charge is 2.10. The van der Waals surface area contributed by atoms with E-state index in [-0.39, 0.29) is 6.61 Å². The van der Waals surface area contributed by atoms with Crippen molar-refractivity contribution >= 4 is 33.5 Å². The molecule has 0 atom stereocenters. The number of hydrogen-bond acceptors (Lipinski definition) is 4. The lowest BCUT2D eigenvalue weighted by Gasteiger charge is -2.09. The summed E-state index contributed by atoms with van der Waals surface area (Å²) in [4.78, 5) is 23.3. The second-order valence-electron chi connectivity index (χ2n) is 4.94. The van der Waals surface area contributed by atoms with E-state index in [1.54, 1.807) is 12.1 Å². The molecule has 1 amide bonds. The van der Waals surface area contributed by atoms with E-state index in [0.29, 0.717) is 15.9 Å². The third kappa shape index (κ3) is 5.66. The number of halogens is 2. The third-order valence-electron chi connectivity index (χ3n) is 2.91. The number of ether oxygens (including phenoxy) is 2. The van der Waals surface area contributed by atoms with Gasteiger partial charge in [-0.2, -0.15) is 0 Å². The average molecular weight is 396 g/mol.